The van der Waals surface area contributed by atoms with Crippen LogP contribution in [0.15, 0.2) is 24.3 Å². The van der Waals surface area contributed by atoms with Crippen LogP contribution in [0.5, 0.6) is 0 Å². The van der Waals surface area contributed by atoms with E-state index in [1.165, 1.54) is 24.3 Å². The first-order valence-electron chi connectivity index (χ1n) is 5.64. The largest absolute Gasteiger partial charge is 0.269 e. The summed E-state index contributed by atoms with van der Waals surface area (Å²) in [7, 11) is -3.73. The molecule has 6 heteroatoms. The molecule has 0 radical (unpaired) electrons. The van der Waals surface area contributed by atoms with Crippen LogP contribution >= 0.6 is 0 Å². The fraction of sp³-hybridized carbons (Fsp3) is 0.417. The van der Waals surface area contributed by atoms with Gasteiger partial charge < -0.3 is 0 Å². The van der Waals surface area contributed by atoms with Crippen LogP contribution in [0.3, 0.4) is 0 Å². The van der Waals surface area contributed by atoms with E-state index in [0.717, 1.165) is 4.31 Å². The molecule has 1 unspecified atom stereocenters. The lowest BCUT2D eigenvalue weighted by Crippen LogP contribution is -2.38. The second-order valence-corrected chi connectivity index (χ2v) is 5.75. The van der Waals surface area contributed by atoms with Gasteiger partial charge >= 0.3 is 0 Å². The Balaban J connectivity index is 3.18. The monoisotopic (exact) mass is 270 g/mol. The SMILES string of the molecule is CCC(C#N)S(=O)(=O)N(CC)c1ccc(F)cc1. The van der Waals surface area contributed by atoms with Crippen molar-refractivity contribution in [3.63, 3.8) is 0 Å². The maximum atomic E-state index is 12.8. The van der Waals surface area contributed by atoms with Gasteiger partial charge in [-0.3, -0.25) is 4.31 Å². The van der Waals surface area contributed by atoms with E-state index in [9.17, 15) is 12.8 Å². The van der Waals surface area contributed by atoms with Gasteiger partial charge in [-0.05, 0) is 37.6 Å². The summed E-state index contributed by atoms with van der Waals surface area (Å²) in [5.74, 6) is -0.431. The Labute approximate surface area is 107 Å². The quantitative estimate of drug-likeness (QED) is 0.824. The van der Waals surface area contributed by atoms with Crippen LogP contribution in [-0.4, -0.2) is 20.2 Å². The topological polar surface area (TPSA) is 61.2 Å². The molecule has 1 atom stereocenters. The number of anilines is 1. The van der Waals surface area contributed by atoms with E-state index >= 15 is 0 Å². The summed E-state index contributed by atoms with van der Waals surface area (Å²) < 4.78 is 38.4. The summed E-state index contributed by atoms with van der Waals surface area (Å²) in [5, 5.41) is 7.80. The molecule has 0 aliphatic carbocycles. The molecule has 0 heterocycles. The predicted octanol–water partition coefficient (Wildman–Crippen LogP) is 2.28. The molecule has 0 N–H and O–H groups in total. The lowest BCUT2D eigenvalue weighted by Gasteiger charge is -2.24. The Morgan fingerprint density at radius 2 is 1.89 bits per heavy atom. The van der Waals surface area contributed by atoms with Gasteiger partial charge in [0.1, 0.15) is 5.82 Å². The maximum absolute atomic E-state index is 12.8. The molecule has 1 aromatic carbocycles. The third-order valence-electron chi connectivity index (χ3n) is 2.58. The van der Waals surface area contributed by atoms with Gasteiger partial charge in [-0.15, -0.1) is 0 Å². The summed E-state index contributed by atoms with van der Waals surface area (Å²) >= 11 is 0. The summed E-state index contributed by atoms with van der Waals surface area (Å²) in [6.07, 6.45) is 0.219. The van der Waals surface area contributed by atoms with Crippen molar-refractivity contribution in [1.82, 2.24) is 0 Å². The van der Waals surface area contributed by atoms with Gasteiger partial charge in [0.15, 0.2) is 5.25 Å². The number of hydrogen-bond donors (Lipinski definition) is 0. The maximum Gasteiger partial charge on any atom is 0.251 e. The summed E-state index contributed by atoms with van der Waals surface area (Å²) in [5.41, 5.74) is 0.368. The Hall–Kier alpha value is -1.61. The van der Waals surface area contributed by atoms with Crippen molar-refractivity contribution in [3.8, 4) is 6.07 Å². The Kier molecular flexibility index (Phi) is 4.68. The van der Waals surface area contributed by atoms with Crippen molar-refractivity contribution in [2.45, 2.75) is 25.5 Å². The third kappa shape index (κ3) is 2.79. The fourth-order valence-electron chi connectivity index (χ4n) is 1.64. The van der Waals surface area contributed by atoms with Gasteiger partial charge in [-0.1, -0.05) is 6.92 Å². The van der Waals surface area contributed by atoms with Gasteiger partial charge in [0.2, 0.25) is 0 Å². The van der Waals surface area contributed by atoms with E-state index in [1.807, 2.05) is 0 Å². The van der Waals surface area contributed by atoms with Crippen molar-refractivity contribution >= 4 is 15.7 Å². The Bertz CT molecular complexity index is 534. The molecule has 0 bridgehead atoms. The molecule has 0 amide bonds. The van der Waals surface area contributed by atoms with Crippen LogP contribution in [-0.2, 0) is 10.0 Å². The van der Waals surface area contributed by atoms with E-state index in [4.69, 9.17) is 5.26 Å². The van der Waals surface area contributed by atoms with Crippen LogP contribution in [0.2, 0.25) is 0 Å². The number of nitriles is 1. The molecule has 0 aliphatic heterocycles. The second-order valence-electron chi connectivity index (χ2n) is 3.71. The van der Waals surface area contributed by atoms with Gasteiger partial charge in [-0.25, -0.2) is 12.8 Å². The van der Waals surface area contributed by atoms with Crippen LogP contribution in [0, 0.1) is 17.1 Å². The standard InChI is InChI=1S/C12H15FN2O2S/c1-3-12(9-14)18(16,17)15(4-2)11-7-5-10(13)6-8-11/h5-8,12H,3-4H2,1-2H3. The highest BCUT2D eigenvalue weighted by Gasteiger charge is 2.30. The normalized spacial score (nSPS) is 12.8. The molecule has 1 rings (SSSR count). The van der Waals surface area contributed by atoms with E-state index in [2.05, 4.69) is 0 Å². The van der Waals surface area contributed by atoms with Crippen molar-refractivity contribution in [2.24, 2.45) is 0 Å². The molecule has 0 saturated carbocycles. The Morgan fingerprint density at radius 1 is 1.33 bits per heavy atom. The summed E-state index contributed by atoms with van der Waals surface area (Å²) in [6, 6.07) is 6.95. The summed E-state index contributed by atoms with van der Waals surface area (Å²) in [4.78, 5) is 0. The van der Waals surface area contributed by atoms with Crippen molar-refractivity contribution in [3.05, 3.63) is 30.1 Å². The molecule has 98 valence electrons. The summed E-state index contributed by atoms with van der Waals surface area (Å²) in [6.45, 7) is 3.51. The minimum absolute atomic E-state index is 0.201. The Morgan fingerprint density at radius 3 is 2.28 bits per heavy atom. The smallest absolute Gasteiger partial charge is 0.251 e. The van der Waals surface area contributed by atoms with Gasteiger partial charge in [0, 0.05) is 6.54 Å². The first kappa shape index (κ1) is 14.5. The van der Waals surface area contributed by atoms with Crippen molar-refractivity contribution in [2.75, 3.05) is 10.8 Å². The average Bonchev–Trinajstić information content (AvgIpc) is 2.33. The molecule has 18 heavy (non-hydrogen) atoms. The zero-order valence-electron chi connectivity index (χ0n) is 10.3. The molecule has 1 aromatic rings. The minimum Gasteiger partial charge on any atom is -0.269 e. The molecular weight excluding hydrogens is 255 g/mol. The highest BCUT2D eigenvalue weighted by atomic mass is 32.2. The lowest BCUT2D eigenvalue weighted by molar-refractivity contribution is 0.583. The fourth-order valence-corrected chi connectivity index (χ4v) is 3.28. The van der Waals surface area contributed by atoms with Crippen LogP contribution in [0.1, 0.15) is 20.3 Å². The second kappa shape index (κ2) is 5.83. The molecule has 0 fully saturated rings. The number of hydrogen-bond acceptors (Lipinski definition) is 3. The van der Waals surface area contributed by atoms with E-state index < -0.39 is 21.1 Å². The first-order valence-corrected chi connectivity index (χ1v) is 7.14. The zero-order chi connectivity index (χ0) is 13.8. The van der Waals surface area contributed by atoms with Crippen molar-refractivity contribution in [1.29, 1.82) is 5.26 Å². The van der Waals surface area contributed by atoms with Crippen LogP contribution in [0.4, 0.5) is 10.1 Å². The number of halogens is 1. The number of sulfonamides is 1. The highest BCUT2D eigenvalue weighted by Crippen LogP contribution is 2.21. The zero-order valence-corrected chi connectivity index (χ0v) is 11.1. The first-order chi connectivity index (χ1) is 8.47. The third-order valence-corrected chi connectivity index (χ3v) is 4.82. The average molecular weight is 270 g/mol. The van der Waals surface area contributed by atoms with E-state index in [1.54, 1.807) is 19.9 Å². The van der Waals surface area contributed by atoms with Gasteiger partial charge in [0.25, 0.3) is 10.0 Å². The van der Waals surface area contributed by atoms with Crippen LogP contribution in [0.25, 0.3) is 0 Å². The number of benzene rings is 1. The van der Waals surface area contributed by atoms with E-state index in [-0.39, 0.29) is 13.0 Å². The molecule has 0 aliphatic rings. The van der Waals surface area contributed by atoms with Crippen LogP contribution < -0.4 is 4.31 Å². The predicted molar refractivity (Wildman–Crippen MR) is 68.0 cm³/mol. The van der Waals surface area contributed by atoms with Crippen molar-refractivity contribution < 1.29 is 12.8 Å². The van der Waals surface area contributed by atoms with Gasteiger partial charge in [-0.2, -0.15) is 5.26 Å². The molecule has 0 aromatic heterocycles. The van der Waals surface area contributed by atoms with E-state index in [0.29, 0.717) is 5.69 Å². The number of rotatable bonds is 5. The minimum atomic E-state index is -3.73. The van der Waals surface area contributed by atoms with Gasteiger partial charge in [0.05, 0.1) is 11.8 Å². The lowest BCUT2D eigenvalue weighted by atomic mass is 10.3. The molecule has 0 saturated heterocycles. The molecule has 0 spiro atoms. The molecular formula is C12H15FN2O2S. The highest BCUT2D eigenvalue weighted by molar-refractivity contribution is 7.93. The molecule has 4 nitrogen and oxygen atoms in total. The number of nitrogens with zero attached hydrogens (tertiary/aromatic N) is 2.